The van der Waals surface area contributed by atoms with Crippen LogP contribution in [0.2, 0.25) is 0 Å². The van der Waals surface area contributed by atoms with E-state index in [1.807, 2.05) is 18.2 Å². The van der Waals surface area contributed by atoms with Crippen molar-refractivity contribution in [2.75, 3.05) is 52.2 Å². The molecule has 2 aliphatic rings. The SMILES string of the molecule is COc1cc2c(cc1Nc1ncc3ccc(Oc4ccc(C(=O)N5CCN(C(C)=O)CC5)cc4)cc3n1)CN(C)CC2. The Hall–Kier alpha value is -4.70. The summed E-state index contributed by atoms with van der Waals surface area (Å²) in [6.45, 7) is 5.66. The third kappa shape index (κ3) is 5.84. The van der Waals surface area contributed by atoms with E-state index in [1.165, 1.54) is 11.1 Å². The standard InChI is InChI=1S/C32H34N6O4/c1-21(39)37-12-14-38(15-13-37)31(40)22-4-7-26(8-5-22)42-27-9-6-24-19-33-32(34-28(24)18-27)35-29-16-25-20-36(2)11-10-23(25)17-30(29)41-3/h4-9,16-19H,10-15,20H2,1-3H3,(H,33,34,35). The number of ether oxygens (including phenoxy) is 2. The number of hydrogen-bond acceptors (Lipinski definition) is 8. The van der Waals surface area contributed by atoms with Crippen LogP contribution in [0.25, 0.3) is 10.9 Å². The first-order chi connectivity index (χ1) is 20.4. The highest BCUT2D eigenvalue weighted by Crippen LogP contribution is 2.33. The fourth-order valence-corrected chi connectivity index (χ4v) is 5.45. The minimum Gasteiger partial charge on any atom is -0.495 e. The van der Waals surface area contributed by atoms with E-state index in [0.717, 1.165) is 41.9 Å². The van der Waals surface area contributed by atoms with E-state index >= 15 is 0 Å². The molecule has 42 heavy (non-hydrogen) atoms. The van der Waals surface area contributed by atoms with Crippen molar-refractivity contribution in [1.82, 2.24) is 24.7 Å². The number of nitrogens with one attached hydrogen (secondary N) is 1. The normalized spacial score (nSPS) is 15.3. The molecule has 6 rings (SSSR count). The molecule has 0 spiro atoms. The van der Waals surface area contributed by atoms with Gasteiger partial charge < -0.3 is 29.5 Å². The van der Waals surface area contributed by atoms with Gasteiger partial charge >= 0.3 is 0 Å². The van der Waals surface area contributed by atoms with Gasteiger partial charge in [-0.2, -0.15) is 0 Å². The largest absolute Gasteiger partial charge is 0.495 e. The molecule has 10 heteroatoms. The van der Waals surface area contributed by atoms with E-state index in [4.69, 9.17) is 14.5 Å². The van der Waals surface area contributed by atoms with Crippen molar-refractivity contribution in [3.63, 3.8) is 0 Å². The third-order valence-electron chi connectivity index (χ3n) is 7.87. The highest BCUT2D eigenvalue weighted by Gasteiger charge is 2.23. The number of aromatic nitrogens is 2. The topological polar surface area (TPSA) is 100 Å². The van der Waals surface area contributed by atoms with Gasteiger partial charge in [-0.3, -0.25) is 9.59 Å². The first-order valence-corrected chi connectivity index (χ1v) is 14.1. The molecular formula is C32H34N6O4. The maximum Gasteiger partial charge on any atom is 0.253 e. The molecule has 1 saturated heterocycles. The number of hydrogen-bond donors (Lipinski definition) is 1. The van der Waals surface area contributed by atoms with E-state index in [-0.39, 0.29) is 11.8 Å². The lowest BCUT2D eigenvalue weighted by Crippen LogP contribution is -2.50. The average Bonchev–Trinajstić information content (AvgIpc) is 3.00. The van der Waals surface area contributed by atoms with Gasteiger partial charge in [0, 0.05) is 69.4 Å². The van der Waals surface area contributed by atoms with Gasteiger partial charge in [0.2, 0.25) is 11.9 Å². The highest BCUT2D eigenvalue weighted by atomic mass is 16.5. The molecule has 3 heterocycles. The number of carbonyl (C=O) groups excluding carboxylic acids is 2. The summed E-state index contributed by atoms with van der Waals surface area (Å²) in [6, 6.07) is 17.0. The molecule has 216 valence electrons. The second-order valence-electron chi connectivity index (χ2n) is 10.8. The van der Waals surface area contributed by atoms with Crippen LogP contribution in [0.4, 0.5) is 11.6 Å². The van der Waals surface area contributed by atoms with E-state index in [1.54, 1.807) is 54.3 Å². The van der Waals surface area contributed by atoms with Gasteiger partial charge in [-0.1, -0.05) is 0 Å². The second-order valence-corrected chi connectivity index (χ2v) is 10.8. The zero-order valence-corrected chi connectivity index (χ0v) is 24.1. The van der Waals surface area contributed by atoms with Crippen molar-refractivity contribution in [3.8, 4) is 17.2 Å². The molecule has 2 amide bonds. The number of likely N-dealkylation sites (N-methyl/N-ethyl adjacent to an activating group) is 1. The number of piperazine rings is 1. The Morgan fingerprint density at radius 3 is 2.36 bits per heavy atom. The first kappa shape index (κ1) is 27.5. The number of benzene rings is 3. The van der Waals surface area contributed by atoms with Crippen molar-refractivity contribution >= 4 is 34.4 Å². The van der Waals surface area contributed by atoms with Gasteiger partial charge in [-0.25, -0.2) is 9.97 Å². The Morgan fingerprint density at radius 1 is 0.881 bits per heavy atom. The molecular weight excluding hydrogens is 532 g/mol. The van der Waals surface area contributed by atoms with Crippen LogP contribution in [0.3, 0.4) is 0 Å². The number of amides is 2. The number of fused-ring (bicyclic) bond motifs is 2. The first-order valence-electron chi connectivity index (χ1n) is 14.1. The third-order valence-corrected chi connectivity index (χ3v) is 7.87. The van der Waals surface area contributed by atoms with Gasteiger partial charge in [-0.15, -0.1) is 0 Å². The van der Waals surface area contributed by atoms with Crippen LogP contribution in [0.5, 0.6) is 17.2 Å². The molecule has 0 atom stereocenters. The molecule has 10 nitrogen and oxygen atoms in total. The van der Waals surface area contributed by atoms with Crippen LogP contribution in [-0.4, -0.2) is 83.4 Å². The monoisotopic (exact) mass is 566 g/mol. The number of methoxy groups -OCH3 is 1. The summed E-state index contributed by atoms with van der Waals surface area (Å²) in [4.78, 5) is 39.6. The zero-order chi connectivity index (χ0) is 29.2. The van der Waals surface area contributed by atoms with Gasteiger partial charge in [0.15, 0.2) is 0 Å². The molecule has 0 radical (unpaired) electrons. The molecule has 0 bridgehead atoms. The summed E-state index contributed by atoms with van der Waals surface area (Å²) in [5.74, 6) is 2.46. The zero-order valence-electron chi connectivity index (χ0n) is 24.1. The minimum absolute atomic E-state index is 0.0408. The van der Waals surface area contributed by atoms with Crippen LogP contribution in [0.15, 0.2) is 60.8 Å². The van der Waals surface area contributed by atoms with Crippen LogP contribution >= 0.6 is 0 Å². The Balaban J connectivity index is 1.15. The van der Waals surface area contributed by atoms with Gasteiger partial charge in [0.1, 0.15) is 17.2 Å². The quantitative estimate of drug-likeness (QED) is 0.365. The van der Waals surface area contributed by atoms with Crippen molar-refractivity contribution < 1.29 is 19.1 Å². The Bertz CT molecular complexity index is 1630. The second kappa shape index (κ2) is 11.7. The fraction of sp³-hybridized carbons (Fsp3) is 0.312. The molecule has 0 unspecified atom stereocenters. The van der Waals surface area contributed by atoms with E-state index in [0.29, 0.717) is 49.2 Å². The molecule has 1 fully saturated rings. The van der Waals surface area contributed by atoms with Gasteiger partial charge in [-0.05, 0) is 73.1 Å². The highest BCUT2D eigenvalue weighted by molar-refractivity contribution is 5.94. The average molecular weight is 567 g/mol. The van der Waals surface area contributed by atoms with Crippen molar-refractivity contribution in [3.05, 3.63) is 77.5 Å². The summed E-state index contributed by atoms with van der Waals surface area (Å²) in [6.07, 6.45) is 2.78. The van der Waals surface area contributed by atoms with Gasteiger partial charge in [0.25, 0.3) is 5.91 Å². The molecule has 4 aromatic rings. The molecule has 0 aliphatic carbocycles. The van der Waals surface area contributed by atoms with Crippen molar-refractivity contribution in [2.45, 2.75) is 19.9 Å². The predicted octanol–water partition coefficient (Wildman–Crippen LogP) is 4.47. The summed E-state index contributed by atoms with van der Waals surface area (Å²) in [7, 11) is 3.80. The minimum atomic E-state index is -0.0465. The number of carbonyl (C=O) groups is 2. The van der Waals surface area contributed by atoms with Crippen LogP contribution in [-0.2, 0) is 17.8 Å². The summed E-state index contributed by atoms with van der Waals surface area (Å²) in [5, 5.41) is 4.23. The number of anilines is 2. The van der Waals surface area contributed by atoms with Crippen molar-refractivity contribution in [1.29, 1.82) is 0 Å². The molecule has 1 aromatic heterocycles. The Morgan fingerprint density at radius 2 is 1.62 bits per heavy atom. The lowest BCUT2D eigenvalue weighted by atomic mass is 9.99. The van der Waals surface area contributed by atoms with Gasteiger partial charge in [0.05, 0.1) is 18.3 Å². The van der Waals surface area contributed by atoms with Crippen LogP contribution < -0.4 is 14.8 Å². The number of nitrogens with zero attached hydrogens (tertiary/aromatic N) is 5. The number of rotatable bonds is 6. The lowest BCUT2D eigenvalue weighted by molar-refractivity contribution is -0.130. The van der Waals surface area contributed by atoms with E-state index in [9.17, 15) is 9.59 Å². The Kier molecular flexibility index (Phi) is 7.62. The molecule has 3 aromatic carbocycles. The maximum atomic E-state index is 12.9. The summed E-state index contributed by atoms with van der Waals surface area (Å²) >= 11 is 0. The summed E-state index contributed by atoms with van der Waals surface area (Å²) < 4.78 is 11.8. The smallest absolute Gasteiger partial charge is 0.253 e. The molecule has 1 N–H and O–H groups in total. The molecule has 2 aliphatic heterocycles. The summed E-state index contributed by atoms with van der Waals surface area (Å²) in [5.41, 5.74) is 4.73. The Labute approximate surface area is 244 Å². The van der Waals surface area contributed by atoms with E-state index in [2.05, 4.69) is 34.4 Å². The molecule has 0 saturated carbocycles. The maximum absolute atomic E-state index is 12.9. The van der Waals surface area contributed by atoms with Crippen LogP contribution in [0.1, 0.15) is 28.4 Å². The lowest BCUT2D eigenvalue weighted by Gasteiger charge is -2.34. The fourth-order valence-electron chi connectivity index (χ4n) is 5.45. The van der Waals surface area contributed by atoms with Crippen molar-refractivity contribution in [2.24, 2.45) is 0 Å². The predicted molar refractivity (Wildman–Crippen MR) is 161 cm³/mol. The van der Waals surface area contributed by atoms with E-state index < -0.39 is 0 Å². The van der Waals surface area contributed by atoms with Crippen LogP contribution in [0, 0.1) is 0 Å².